The van der Waals surface area contributed by atoms with Crippen LogP contribution in [-0.4, -0.2) is 47.4 Å². The van der Waals surface area contributed by atoms with Gasteiger partial charge >= 0.3 is 5.97 Å². The van der Waals surface area contributed by atoms with Gasteiger partial charge in [0.25, 0.3) is 0 Å². The van der Waals surface area contributed by atoms with Gasteiger partial charge in [-0.2, -0.15) is 0 Å². The average Bonchev–Trinajstić information content (AvgIpc) is 3.32. The van der Waals surface area contributed by atoms with Gasteiger partial charge in [0, 0.05) is 12.8 Å². The van der Waals surface area contributed by atoms with Crippen LogP contribution >= 0.6 is 0 Å². The molecule has 0 aliphatic rings. The third-order valence-electron chi connectivity index (χ3n) is 13.8. The van der Waals surface area contributed by atoms with E-state index in [1.807, 2.05) is 0 Å². The van der Waals surface area contributed by atoms with Crippen LogP contribution < -0.4 is 5.32 Å². The summed E-state index contributed by atoms with van der Waals surface area (Å²) in [6.07, 6.45) is 67.5. The minimum absolute atomic E-state index is 0.00548. The van der Waals surface area contributed by atoms with Crippen molar-refractivity contribution in [3.63, 3.8) is 0 Å². The fourth-order valence-corrected chi connectivity index (χ4v) is 9.20. The molecule has 0 rings (SSSR count). The normalized spacial score (nSPS) is 12.7. The summed E-state index contributed by atoms with van der Waals surface area (Å²) >= 11 is 0. The van der Waals surface area contributed by atoms with Crippen molar-refractivity contribution in [2.45, 2.75) is 334 Å². The zero-order valence-corrected chi connectivity index (χ0v) is 44.4. The van der Waals surface area contributed by atoms with Crippen molar-refractivity contribution in [1.82, 2.24) is 5.32 Å². The van der Waals surface area contributed by atoms with E-state index >= 15 is 0 Å². The number of carbonyl (C=O) groups is 2. The summed E-state index contributed by atoms with van der Waals surface area (Å²) in [7, 11) is 0. The lowest BCUT2D eigenvalue weighted by Crippen LogP contribution is -2.45. The second-order valence-electron chi connectivity index (χ2n) is 20.3. The van der Waals surface area contributed by atoms with Gasteiger partial charge in [-0.1, -0.05) is 276 Å². The number of esters is 1. The molecule has 0 radical (unpaired) electrons. The summed E-state index contributed by atoms with van der Waals surface area (Å²) in [4.78, 5) is 24.5. The highest BCUT2D eigenvalue weighted by atomic mass is 16.5. The number of rotatable bonds is 55. The topological polar surface area (TPSA) is 95.9 Å². The van der Waals surface area contributed by atoms with Gasteiger partial charge in [0.05, 0.1) is 25.4 Å². The quantitative estimate of drug-likeness (QED) is 0.0321. The van der Waals surface area contributed by atoms with Crippen molar-refractivity contribution < 1.29 is 24.5 Å². The fourth-order valence-electron chi connectivity index (χ4n) is 9.20. The number of ether oxygens (including phenoxy) is 1. The summed E-state index contributed by atoms with van der Waals surface area (Å²) in [5, 5.41) is 23.2. The van der Waals surface area contributed by atoms with E-state index in [2.05, 4.69) is 43.5 Å². The van der Waals surface area contributed by atoms with Gasteiger partial charge in [-0.25, -0.2) is 0 Å². The van der Waals surface area contributed by atoms with E-state index in [-0.39, 0.29) is 18.5 Å². The molecule has 1 amide bonds. The summed E-state index contributed by atoms with van der Waals surface area (Å²) < 4.78 is 5.49. The number of carbonyl (C=O) groups excluding carboxylic acids is 2. The first-order valence-electron chi connectivity index (χ1n) is 29.6. The molecular formula is C60H115NO5. The van der Waals surface area contributed by atoms with Gasteiger partial charge in [0.15, 0.2) is 0 Å². The molecule has 2 unspecified atom stereocenters. The number of unbranched alkanes of at least 4 members (excludes halogenated alkanes) is 40. The highest BCUT2D eigenvalue weighted by Gasteiger charge is 2.20. The SMILES string of the molecule is CCCCC/C=C\C/C=C\CCCCCCCCCCCC(=O)OCCCCCCCCCCCCCCCCCCCCCC(=O)NC(CO)C(O)CCCCCCCCCCCCC. The predicted octanol–water partition coefficient (Wildman–Crippen LogP) is 18.2. The minimum Gasteiger partial charge on any atom is -0.466 e. The number of nitrogens with one attached hydrogen (secondary N) is 1. The smallest absolute Gasteiger partial charge is 0.305 e. The summed E-state index contributed by atoms with van der Waals surface area (Å²) in [5.41, 5.74) is 0. The fraction of sp³-hybridized carbons (Fsp3) is 0.900. The molecule has 0 fully saturated rings. The molecule has 3 N–H and O–H groups in total. The van der Waals surface area contributed by atoms with Crippen molar-refractivity contribution in [3.8, 4) is 0 Å². The monoisotopic (exact) mass is 930 g/mol. The lowest BCUT2D eigenvalue weighted by Gasteiger charge is -2.22. The molecule has 0 saturated carbocycles. The Bertz CT molecular complexity index is 1030. The summed E-state index contributed by atoms with van der Waals surface area (Å²) in [5.74, 6) is -0.0327. The Morgan fingerprint density at radius 1 is 0.424 bits per heavy atom. The summed E-state index contributed by atoms with van der Waals surface area (Å²) in [6, 6.07) is -0.542. The van der Waals surface area contributed by atoms with E-state index in [4.69, 9.17) is 4.74 Å². The van der Waals surface area contributed by atoms with Crippen molar-refractivity contribution >= 4 is 11.9 Å². The van der Waals surface area contributed by atoms with Gasteiger partial charge in [-0.05, 0) is 57.8 Å². The van der Waals surface area contributed by atoms with Crippen LogP contribution in [0.25, 0.3) is 0 Å². The lowest BCUT2D eigenvalue weighted by atomic mass is 10.0. The molecule has 0 bridgehead atoms. The van der Waals surface area contributed by atoms with Gasteiger partial charge < -0.3 is 20.3 Å². The first kappa shape index (κ1) is 64.3. The molecular weight excluding hydrogens is 815 g/mol. The number of allylic oxidation sites excluding steroid dienone is 4. The molecule has 0 aromatic carbocycles. The molecule has 0 saturated heterocycles. The highest BCUT2D eigenvalue weighted by molar-refractivity contribution is 5.76. The van der Waals surface area contributed by atoms with E-state index in [9.17, 15) is 19.8 Å². The molecule has 2 atom stereocenters. The summed E-state index contributed by atoms with van der Waals surface area (Å²) in [6.45, 7) is 4.92. The van der Waals surface area contributed by atoms with Crippen molar-refractivity contribution in [3.05, 3.63) is 24.3 Å². The maximum atomic E-state index is 12.4. The van der Waals surface area contributed by atoms with E-state index in [1.54, 1.807) is 0 Å². The van der Waals surface area contributed by atoms with Gasteiger partial charge in [0.1, 0.15) is 0 Å². The Hall–Kier alpha value is -1.66. The Morgan fingerprint density at radius 2 is 0.758 bits per heavy atom. The van der Waals surface area contributed by atoms with Crippen LogP contribution in [0.4, 0.5) is 0 Å². The van der Waals surface area contributed by atoms with Crippen molar-refractivity contribution in [2.24, 2.45) is 0 Å². The predicted molar refractivity (Wildman–Crippen MR) is 287 cm³/mol. The number of amides is 1. The molecule has 0 spiro atoms. The molecule has 0 aromatic heterocycles. The van der Waals surface area contributed by atoms with Crippen molar-refractivity contribution in [1.29, 1.82) is 0 Å². The largest absolute Gasteiger partial charge is 0.466 e. The van der Waals surface area contributed by atoms with Crippen LogP contribution in [-0.2, 0) is 14.3 Å². The Labute approximate surface area is 411 Å². The third kappa shape index (κ3) is 51.7. The maximum Gasteiger partial charge on any atom is 0.305 e. The first-order chi connectivity index (χ1) is 32.5. The molecule has 66 heavy (non-hydrogen) atoms. The maximum absolute atomic E-state index is 12.4. The Balaban J connectivity index is 3.37. The zero-order valence-electron chi connectivity index (χ0n) is 44.4. The van der Waals surface area contributed by atoms with E-state index < -0.39 is 12.1 Å². The second-order valence-corrected chi connectivity index (χ2v) is 20.3. The van der Waals surface area contributed by atoms with Crippen LogP contribution in [0.3, 0.4) is 0 Å². The Morgan fingerprint density at radius 3 is 1.18 bits per heavy atom. The van der Waals surface area contributed by atoms with Gasteiger partial charge in [0.2, 0.25) is 5.91 Å². The number of hydrogen-bond donors (Lipinski definition) is 3. The lowest BCUT2D eigenvalue weighted by molar-refractivity contribution is -0.143. The van der Waals surface area contributed by atoms with E-state index in [0.717, 1.165) is 51.4 Å². The van der Waals surface area contributed by atoms with Crippen molar-refractivity contribution in [2.75, 3.05) is 13.2 Å². The van der Waals surface area contributed by atoms with E-state index in [0.29, 0.717) is 25.9 Å². The van der Waals surface area contributed by atoms with Crippen LogP contribution in [0.2, 0.25) is 0 Å². The van der Waals surface area contributed by atoms with Crippen LogP contribution in [0.1, 0.15) is 322 Å². The molecule has 6 nitrogen and oxygen atoms in total. The van der Waals surface area contributed by atoms with Crippen LogP contribution in [0.15, 0.2) is 24.3 Å². The molecule has 0 heterocycles. The Kier molecular flexibility index (Phi) is 54.5. The molecule has 0 aromatic rings. The number of aliphatic hydroxyl groups is 2. The minimum atomic E-state index is -0.664. The first-order valence-corrected chi connectivity index (χ1v) is 29.6. The number of aliphatic hydroxyl groups excluding tert-OH is 2. The van der Waals surface area contributed by atoms with Crippen LogP contribution in [0.5, 0.6) is 0 Å². The van der Waals surface area contributed by atoms with Gasteiger partial charge in [-0.3, -0.25) is 9.59 Å². The van der Waals surface area contributed by atoms with E-state index in [1.165, 1.54) is 238 Å². The van der Waals surface area contributed by atoms with Crippen LogP contribution in [0, 0.1) is 0 Å². The molecule has 0 aliphatic carbocycles. The zero-order chi connectivity index (χ0) is 47.9. The highest BCUT2D eigenvalue weighted by Crippen LogP contribution is 2.17. The average molecular weight is 931 g/mol. The second kappa shape index (κ2) is 55.9. The molecule has 390 valence electrons. The van der Waals surface area contributed by atoms with Gasteiger partial charge in [-0.15, -0.1) is 0 Å². The molecule has 6 heteroatoms. The standard InChI is InChI=1S/C60H115NO5/c1-3-5-7-9-11-13-15-16-17-18-20-24-27-30-34-38-42-46-50-54-60(65)66-55-51-47-43-39-35-31-28-25-22-19-21-23-26-29-33-37-41-45-49-53-59(64)61-57(56-62)58(63)52-48-44-40-36-32-14-12-10-8-6-4-2/h11,13,16-17,57-58,62-63H,3-10,12,14-15,18-56H2,1-2H3,(H,61,64)/b13-11-,17-16-. The number of hydrogen-bond acceptors (Lipinski definition) is 5. The third-order valence-corrected chi connectivity index (χ3v) is 13.8. The molecule has 0 aliphatic heterocycles.